The summed E-state index contributed by atoms with van der Waals surface area (Å²) in [5, 5.41) is 11.1. The lowest BCUT2D eigenvalue weighted by atomic mass is 9.97. The lowest BCUT2D eigenvalue weighted by molar-refractivity contribution is -0.143. The second-order valence-corrected chi connectivity index (χ2v) is 8.56. The Hall–Kier alpha value is -3.25. The van der Waals surface area contributed by atoms with E-state index in [1.807, 2.05) is 43.3 Å². The van der Waals surface area contributed by atoms with E-state index in [0.717, 1.165) is 27.6 Å². The summed E-state index contributed by atoms with van der Waals surface area (Å²) < 4.78 is 0. The number of carbonyl (C=O) groups excluding carboxylic acids is 2. The first kappa shape index (κ1) is 19.7. The number of hydrogen-bond acceptors (Lipinski definition) is 4. The van der Waals surface area contributed by atoms with Crippen molar-refractivity contribution < 1.29 is 14.7 Å². The number of amides is 2. The highest BCUT2D eigenvalue weighted by Crippen LogP contribution is 2.37. The molecule has 0 bridgehead atoms. The van der Waals surface area contributed by atoms with Crippen LogP contribution in [0.25, 0.3) is 22.0 Å². The molecular formula is C25H25N3O3. The van der Waals surface area contributed by atoms with Gasteiger partial charge in [0, 0.05) is 43.3 Å². The number of carbonyl (C=O) groups is 2. The fourth-order valence-electron chi connectivity index (χ4n) is 4.29. The molecule has 0 atom stereocenters. The van der Waals surface area contributed by atoms with Gasteiger partial charge in [-0.2, -0.15) is 0 Å². The van der Waals surface area contributed by atoms with Crippen molar-refractivity contribution in [3.05, 3.63) is 65.9 Å². The summed E-state index contributed by atoms with van der Waals surface area (Å²) in [4.78, 5) is 33.2. The van der Waals surface area contributed by atoms with Gasteiger partial charge in [-0.25, -0.2) is 0 Å². The topological polar surface area (TPSA) is 73.7 Å². The zero-order valence-corrected chi connectivity index (χ0v) is 17.5. The Kier molecular flexibility index (Phi) is 4.74. The number of piperazine rings is 1. The van der Waals surface area contributed by atoms with Gasteiger partial charge in [-0.05, 0) is 66.8 Å². The van der Waals surface area contributed by atoms with Gasteiger partial charge in [0.05, 0.1) is 5.52 Å². The van der Waals surface area contributed by atoms with Crippen molar-refractivity contribution in [3.63, 3.8) is 0 Å². The van der Waals surface area contributed by atoms with E-state index in [0.29, 0.717) is 44.6 Å². The van der Waals surface area contributed by atoms with Crippen LogP contribution in [0.4, 0.5) is 0 Å². The second kappa shape index (κ2) is 7.46. The maximum atomic E-state index is 13.0. The van der Waals surface area contributed by atoms with E-state index < -0.39 is 5.60 Å². The Morgan fingerprint density at radius 1 is 0.968 bits per heavy atom. The predicted molar refractivity (Wildman–Crippen MR) is 119 cm³/mol. The van der Waals surface area contributed by atoms with Gasteiger partial charge in [0.2, 0.25) is 0 Å². The van der Waals surface area contributed by atoms with E-state index >= 15 is 0 Å². The highest BCUT2D eigenvalue weighted by Gasteiger charge is 2.50. The molecule has 1 aliphatic carbocycles. The first-order valence-electron chi connectivity index (χ1n) is 10.7. The molecule has 6 nitrogen and oxygen atoms in total. The van der Waals surface area contributed by atoms with E-state index in [-0.39, 0.29) is 11.8 Å². The normalized spacial score (nSPS) is 17.6. The Bertz CT molecular complexity index is 1180. The smallest absolute Gasteiger partial charge is 0.254 e. The Labute approximate surface area is 181 Å². The Balaban J connectivity index is 1.30. The number of pyridine rings is 1. The van der Waals surface area contributed by atoms with E-state index in [1.165, 1.54) is 0 Å². The molecule has 2 heterocycles. The van der Waals surface area contributed by atoms with E-state index in [4.69, 9.17) is 0 Å². The zero-order chi connectivity index (χ0) is 21.6. The molecule has 1 saturated heterocycles. The third-order valence-corrected chi connectivity index (χ3v) is 6.36. The van der Waals surface area contributed by atoms with Gasteiger partial charge in [0.1, 0.15) is 5.60 Å². The van der Waals surface area contributed by atoms with Crippen LogP contribution in [0.1, 0.15) is 28.8 Å². The van der Waals surface area contributed by atoms with Crippen LogP contribution in [0.15, 0.2) is 54.7 Å². The molecule has 5 rings (SSSR count). The minimum absolute atomic E-state index is 0.0189. The number of hydrogen-bond donors (Lipinski definition) is 1. The van der Waals surface area contributed by atoms with E-state index in [1.54, 1.807) is 16.0 Å². The summed E-state index contributed by atoms with van der Waals surface area (Å²) in [5.74, 6) is -0.208. The van der Waals surface area contributed by atoms with Gasteiger partial charge in [-0.3, -0.25) is 14.6 Å². The van der Waals surface area contributed by atoms with Gasteiger partial charge >= 0.3 is 0 Å². The van der Waals surface area contributed by atoms with Crippen molar-refractivity contribution in [1.29, 1.82) is 0 Å². The number of benzene rings is 2. The fourth-order valence-corrected chi connectivity index (χ4v) is 4.29. The Morgan fingerprint density at radius 2 is 1.71 bits per heavy atom. The molecule has 2 amide bonds. The van der Waals surface area contributed by atoms with Crippen molar-refractivity contribution in [2.45, 2.75) is 25.4 Å². The van der Waals surface area contributed by atoms with Crippen molar-refractivity contribution in [2.75, 3.05) is 26.2 Å². The van der Waals surface area contributed by atoms with Crippen LogP contribution in [0.2, 0.25) is 0 Å². The van der Waals surface area contributed by atoms with E-state index in [2.05, 4.69) is 17.1 Å². The molecule has 6 heteroatoms. The molecule has 1 saturated carbocycles. The minimum Gasteiger partial charge on any atom is -0.380 e. The number of aryl methyl sites for hydroxylation is 1. The first-order valence-corrected chi connectivity index (χ1v) is 10.7. The molecule has 158 valence electrons. The number of aliphatic hydroxyl groups is 1. The monoisotopic (exact) mass is 415 g/mol. The summed E-state index contributed by atoms with van der Waals surface area (Å²) >= 11 is 0. The maximum absolute atomic E-state index is 13.0. The third-order valence-electron chi connectivity index (χ3n) is 6.36. The molecule has 0 unspecified atom stereocenters. The molecule has 1 aromatic heterocycles. The molecule has 0 radical (unpaired) electrons. The molecule has 1 N–H and O–H groups in total. The van der Waals surface area contributed by atoms with Gasteiger partial charge in [0.25, 0.3) is 11.8 Å². The van der Waals surface area contributed by atoms with Crippen molar-refractivity contribution in [2.24, 2.45) is 0 Å². The molecule has 1 aliphatic heterocycles. The highest BCUT2D eigenvalue weighted by molar-refractivity contribution is 5.96. The van der Waals surface area contributed by atoms with Crippen LogP contribution < -0.4 is 0 Å². The van der Waals surface area contributed by atoms with Gasteiger partial charge in [-0.1, -0.05) is 18.2 Å². The summed E-state index contributed by atoms with van der Waals surface area (Å²) in [5.41, 5.74) is 3.71. The average molecular weight is 415 g/mol. The molecule has 2 fully saturated rings. The van der Waals surface area contributed by atoms with Crippen molar-refractivity contribution in [1.82, 2.24) is 14.8 Å². The number of rotatable bonds is 3. The SMILES string of the molecule is Cc1cc(C(=O)N2CCN(C(=O)C3(O)CC3)CC2)ccc1-c1ccc2ncccc2c1. The van der Waals surface area contributed by atoms with Crippen LogP contribution in [0, 0.1) is 6.92 Å². The summed E-state index contributed by atoms with van der Waals surface area (Å²) in [6.07, 6.45) is 2.88. The van der Waals surface area contributed by atoms with Crippen molar-refractivity contribution >= 4 is 22.7 Å². The molecule has 2 aliphatic rings. The molecule has 0 spiro atoms. The maximum Gasteiger partial charge on any atom is 0.254 e. The average Bonchev–Trinajstić information content (AvgIpc) is 3.56. The van der Waals surface area contributed by atoms with Gasteiger partial charge in [0.15, 0.2) is 0 Å². The standard InChI is InChI=1S/C25H25N3O3/c1-17-15-20(4-6-21(17)18-5-7-22-19(16-18)3-2-10-26-22)23(29)27-11-13-28(14-12-27)24(30)25(31)8-9-25/h2-7,10,15-16,31H,8-9,11-14H2,1H3. The Morgan fingerprint density at radius 3 is 2.42 bits per heavy atom. The van der Waals surface area contributed by atoms with Gasteiger partial charge < -0.3 is 14.9 Å². The highest BCUT2D eigenvalue weighted by atomic mass is 16.3. The predicted octanol–water partition coefficient (Wildman–Crippen LogP) is 3.02. The lowest BCUT2D eigenvalue weighted by Gasteiger charge is -2.35. The lowest BCUT2D eigenvalue weighted by Crippen LogP contribution is -2.53. The van der Waals surface area contributed by atoms with Crippen LogP contribution in [0.3, 0.4) is 0 Å². The minimum atomic E-state index is -1.14. The number of fused-ring (bicyclic) bond motifs is 1. The summed E-state index contributed by atoms with van der Waals surface area (Å²) in [6.45, 7) is 3.93. The molecule has 31 heavy (non-hydrogen) atoms. The first-order chi connectivity index (χ1) is 14.9. The van der Waals surface area contributed by atoms with E-state index in [9.17, 15) is 14.7 Å². The zero-order valence-electron chi connectivity index (χ0n) is 17.5. The second-order valence-electron chi connectivity index (χ2n) is 8.56. The largest absolute Gasteiger partial charge is 0.380 e. The quantitative estimate of drug-likeness (QED) is 0.714. The van der Waals surface area contributed by atoms with Crippen LogP contribution in [-0.2, 0) is 4.79 Å². The number of nitrogens with zero attached hydrogens (tertiary/aromatic N) is 3. The number of aromatic nitrogens is 1. The molecule has 2 aromatic carbocycles. The van der Waals surface area contributed by atoms with Crippen LogP contribution in [-0.4, -0.2) is 63.5 Å². The molecular weight excluding hydrogens is 390 g/mol. The fraction of sp³-hybridized carbons (Fsp3) is 0.320. The van der Waals surface area contributed by atoms with Gasteiger partial charge in [-0.15, -0.1) is 0 Å². The van der Waals surface area contributed by atoms with Crippen LogP contribution in [0.5, 0.6) is 0 Å². The summed E-state index contributed by atoms with van der Waals surface area (Å²) in [7, 11) is 0. The van der Waals surface area contributed by atoms with Crippen LogP contribution >= 0.6 is 0 Å². The van der Waals surface area contributed by atoms with Crippen molar-refractivity contribution in [3.8, 4) is 11.1 Å². The summed E-state index contributed by atoms with van der Waals surface area (Å²) in [6, 6.07) is 16.0. The molecule has 3 aromatic rings. The third kappa shape index (κ3) is 3.68.